The number of rotatable bonds is 5. The van der Waals surface area contributed by atoms with Gasteiger partial charge in [0.15, 0.2) is 0 Å². The van der Waals surface area contributed by atoms with Gasteiger partial charge in [-0.1, -0.05) is 15.9 Å². The minimum Gasteiger partial charge on any atom is -0.478 e. The first kappa shape index (κ1) is 17.4. The number of hydrogen-bond acceptors (Lipinski definition) is 3. The van der Waals surface area contributed by atoms with Gasteiger partial charge in [-0.2, -0.15) is 0 Å². The summed E-state index contributed by atoms with van der Waals surface area (Å²) < 4.78 is 1.01. The lowest BCUT2D eigenvalue weighted by molar-refractivity contribution is -0.118. The third kappa shape index (κ3) is 5.72. The molecule has 0 fully saturated rings. The highest BCUT2D eigenvalue weighted by atomic mass is 79.9. The predicted molar refractivity (Wildman–Crippen MR) is 84.5 cm³/mol. The number of amides is 3. The number of nitrogens with one attached hydrogen (secondary N) is 3. The van der Waals surface area contributed by atoms with Crippen molar-refractivity contribution in [2.45, 2.75) is 6.92 Å². The Hall–Kier alpha value is -1.61. The third-order valence-electron chi connectivity index (χ3n) is 2.31. The number of anilines is 1. The monoisotopic (exact) mass is 421 g/mol. The minimum absolute atomic E-state index is 0.0479. The van der Waals surface area contributed by atoms with E-state index in [4.69, 9.17) is 5.11 Å². The van der Waals surface area contributed by atoms with Crippen LogP contribution in [0.5, 0.6) is 0 Å². The van der Waals surface area contributed by atoms with E-state index in [0.717, 1.165) is 0 Å². The van der Waals surface area contributed by atoms with Gasteiger partial charge in [-0.25, -0.2) is 9.59 Å². The van der Waals surface area contributed by atoms with E-state index in [1.165, 1.54) is 13.0 Å². The first-order chi connectivity index (χ1) is 9.81. The van der Waals surface area contributed by atoms with Crippen LogP contribution in [0.3, 0.4) is 0 Å². The smallest absolute Gasteiger partial charge is 0.337 e. The molecule has 0 saturated heterocycles. The Labute approximate surface area is 137 Å². The van der Waals surface area contributed by atoms with E-state index < -0.39 is 12.0 Å². The number of hydrogen-bond donors (Lipinski definition) is 4. The standard InChI is InChI=1S/C12H13Br2N3O4/c1-6(18)15-2-3-16-12(21)17-10-8(11(19)20)4-7(13)5-9(10)14/h4-5H,2-3H2,1H3,(H,15,18)(H,19,20)(H2,16,17,21). The summed E-state index contributed by atoms with van der Waals surface area (Å²) in [5.41, 5.74) is 0.107. The maximum absolute atomic E-state index is 11.7. The molecule has 0 bridgehead atoms. The van der Waals surface area contributed by atoms with Gasteiger partial charge >= 0.3 is 12.0 Å². The van der Waals surface area contributed by atoms with Crippen molar-refractivity contribution in [3.63, 3.8) is 0 Å². The molecule has 21 heavy (non-hydrogen) atoms. The molecule has 7 nitrogen and oxygen atoms in total. The first-order valence-electron chi connectivity index (χ1n) is 5.83. The fraction of sp³-hybridized carbons (Fsp3) is 0.250. The molecule has 0 saturated carbocycles. The molecule has 0 aliphatic heterocycles. The minimum atomic E-state index is -1.16. The summed E-state index contributed by atoms with van der Waals surface area (Å²) in [4.78, 5) is 33.6. The third-order valence-corrected chi connectivity index (χ3v) is 3.39. The van der Waals surface area contributed by atoms with E-state index in [0.29, 0.717) is 8.95 Å². The van der Waals surface area contributed by atoms with Crippen molar-refractivity contribution in [3.05, 3.63) is 26.6 Å². The number of carboxylic acids is 1. The highest BCUT2D eigenvalue weighted by molar-refractivity contribution is 9.11. The summed E-state index contributed by atoms with van der Waals surface area (Å²) in [6.07, 6.45) is 0. The molecule has 1 rings (SSSR count). The van der Waals surface area contributed by atoms with Gasteiger partial charge in [-0.05, 0) is 28.1 Å². The second-order valence-corrected chi connectivity index (χ2v) is 5.75. The molecule has 0 aliphatic carbocycles. The maximum atomic E-state index is 11.7. The van der Waals surface area contributed by atoms with Gasteiger partial charge in [0, 0.05) is 29.0 Å². The molecule has 3 amide bonds. The zero-order valence-corrected chi connectivity index (χ0v) is 14.2. The number of carbonyl (C=O) groups excluding carboxylic acids is 2. The van der Waals surface area contributed by atoms with E-state index in [2.05, 4.69) is 47.8 Å². The van der Waals surface area contributed by atoms with Crippen LogP contribution in [0.1, 0.15) is 17.3 Å². The van der Waals surface area contributed by atoms with Crippen molar-refractivity contribution in [2.24, 2.45) is 0 Å². The Kier molecular flexibility index (Phi) is 6.63. The summed E-state index contributed by atoms with van der Waals surface area (Å²) in [5, 5.41) is 16.6. The van der Waals surface area contributed by atoms with Gasteiger partial charge in [-0.15, -0.1) is 0 Å². The largest absolute Gasteiger partial charge is 0.478 e. The molecule has 0 spiro atoms. The normalized spacial score (nSPS) is 9.86. The molecule has 0 aromatic heterocycles. The van der Waals surface area contributed by atoms with Crippen molar-refractivity contribution >= 4 is 55.5 Å². The van der Waals surface area contributed by atoms with Crippen LogP contribution in [-0.4, -0.2) is 36.1 Å². The second kappa shape index (κ2) is 7.99. The lowest BCUT2D eigenvalue weighted by atomic mass is 10.2. The molecular weight excluding hydrogens is 410 g/mol. The molecule has 0 unspecified atom stereocenters. The van der Waals surface area contributed by atoms with E-state index >= 15 is 0 Å². The average Bonchev–Trinajstić information content (AvgIpc) is 2.37. The number of carbonyl (C=O) groups is 3. The number of urea groups is 1. The van der Waals surface area contributed by atoms with E-state index in [9.17, 15) is 14.4 Å². The Morgan fingerprint density at radius 2 is 1.76 bits per heavy atom. The molecule has 0 aliphatic rings. The topological polar surface area (TPSA) is 108 Å². The van der Waals surface area contributed by atoms with Crippen molar-refractivity contribution < 1.29 is 19.5 Å². The summed E-state index contributed by atoms with van der Waals surface area (Å²) in [6.45, 7) is 1.89. The Morgan fingerprint density at radius 3 is 2.33 bits per heavy atom. The predicted octanol–water partition coefficient (Wildman–Crippen LogP) is 2.17. The molecule has 1 aromatic carbocycles. The molecule has 1 aromatic rings. The number of aromatic carboxylic acids is 1. The Morgan fingerprint density at radius 1 is 1.14 bits per heavy atom. The van der Waals surface area contributed by atoms with Crippen LogP contribution in [0, 0.1) is 0 Å². The van der Waals surface area contributed by atoms with Crippen molar-refractivity contribution in [3.8, 4) is 0 Å². The van der Waals surface area contributed by atoms with E-state index in [1.54, 1.807) is 6.07 Å². The number of benzene rings is 1. The Bertz CT molecular complexity index is 578. The quantitative estimate of drug-likeness (QED) is 0.545. The number of carboxylic acid groups (broad SMARTS) is 1. The summed E-state index contributed by atoms with van der Waals surface area (Å²) in [7, 11) is 0. The zero-order chi connectivity index (χ0) is 16.0. The highest BCUT2D eigenvalue weighted by Crippen LogP contribution is 2.30. The molecule has 4 N–H and O–H groups in total. The van der Waals surface area contributed by atoms with Crippen LogP contribution in [0.2, 0.25) is 0 Å². The van der Waals surface area contributed by atoms with E-state index in [-0.39, 0.29) is 30.2 Å². The summed E-state index contributed by atoms with van der Waals surface area (Å²) in [5.74, 6) is -1.36. The van der Waals surface area contributed by atoms with Gasteiger partial charge in [0.25, 0.3) is 0 Å². The summed E-state index contributed by atoms with van der Waals surface area (Å²) >= 11 is 6.39. The first-order valence-corrected chi connectivity index (χ1v) is 7.41. The molecular formula is C12H13Br2N3O4. The SMILES string of the molecule is CC(=O)NCCNC(=O)Nc1c(Br)cc(Br)cc1C(=O)O. The number of halogens is 2. The summed E-state index contributed by atoms with van der Waals surface area (Å²) in [6, 6.07) is 2.45. The van der Waals surface area contributed by atoms with E-state index in [1.807, 2.05) is 0 Å². The van der Waals surface area contributed by atoms with Crippen molar-refractivity contribution in [2.75, 3.05) is 18.4 Å². The van der Waals surface area contributed by atoms with Crippen LogP contribution >= 0.6 is 31.9 Å². The van der Waals surface area contributed by atoms with Crippen LogP contribution in [0.25, 0.3) is 0 Å². The van der Waals surface area contributed by atoms with Gasteiger partial charge in [0.1, 0.15) is 0 Å². The van der Waals surface area contributed by atoms with Gasteiger partial charge in [0.2, 0.25) is 5.91 Å². The van der Waals surface area contributed by atoms with Crippen molar-refractivity contribution in [1.82, 2.24) is 10.6 Å². The molecule has 0 atom stereocenters. The average molecular weight is 423 g/mol. The fourth-order valence-corrected chi connectivity index (χ4v) is 2.77. The van der Waals surface area contributed by atoms with Crippen LogP contribution in [0.15, 0.2) is 21.1 Å². The zero-order valence-electron chi connectivity index (χ0n) is 11.0. The highest BCUT2D eigenvalue weighted by Gasteiger charge is 2.16. The van der Waals surface area contributed by atoms with Crippen LogP contribution in [0.4, 0.5) is 10.5 Å². The molecule has 0 radical (unpaired) electrons. The molecule has 9 heteroatoms. The molecule has 0 heterocycles. The van der Waals surface area contributed by atoms with Gasteiger partial charge in [0.05, 0.1) is 11.3 Å². The van der Waals surface area contributed by atoms with Crippen molar-refractivity contribution in [1.29, 1.82) is 0 Å². The Balaban J connectivity index is 2.72. The second-order valence-electron chi connectivity index (χ2n) is 3.98. The van der Waals surface area contributed by atoms with Crippen LogP contribution in [-0.2, 0) is 4.79 Å². The maximum Gasteiger partial charge on any atom is 0.337 e. The van der Waals surface area contributed by atoms with Gasteiger partial charge < -0.3 is 21.1 Å². The lowest BCUT2D eigenvalue weighted by Gasteiger charge is -2.12. The van der Waals surface area contributed by atoms with Gasteiger partial charge in [-0.3, -0.25) is 4.79 Å². The van der Waals surface area contributed by atoms with Crippen LogP contribution < -0.4 is 16.0 Å². The lowest BCUT2D eigenvalue weighted by Crippen LogP contribution is -2.36. The molecule has 114 valence electrons. The fourth-order valence-electron chi connectivity index (χ4n) is 1.44.